The monoisotopic (exact) mass is 430 g/mol. The summed E-state index contributed by atoms with van der Waals surface area (Å²) in [6, 6.07) is 11.4. The zero-order valence-corrected chi connectivity index (χ0v) is 17.7. The van der Waals surface area contributed by atoms with E-state index in [2.05, 4.69) is 10.3 Å². The number of carbonyl (C=O) groups is 2. The van der Waals surface area contributed by atoms with Crippen molar-refractivity contribution in [2.45, 2.75) is 20.5 Å². The Bertz CT molecular complexity index is 1020. The molecule has 2 amide bonds. The first kappa shape index (κ1) is 21.0. The molecule has 0 atom stereocenters. The lowest BCUT2D eigenvalue weighted by atomic mass is 10.1. The molecule has 1 heterocycles. The van der Waals surface area contributed by atoms with Gasteiger partial charge in [-0.25, -0.2) is 0 Å². The zero-order chi connectivity index (χ0) is 21.0. The Morgan fingerprint density at radius 2 is 2.00 bits per heavy atom. The van der Waals surface area contributed by atoms with Gasteiger partial charge in [0.05, 0.1) is 17.0 Å². The summed E-state index contributed by atoms with van der Waals surface area (Å²) in [5, 5.41) is 3.13. The second-order valence-electron chi connectivity index (χ2n) is 6.32. The maximum absolute atomic E-state index is 12.0. The highest BCUT2D eigenvalue weighted by molar-refractivity contribution is 8.18. The molecule has 0 radical (unpaired) electrons. The summed E-state index contributed by atoms with van der Waals surface area (Å²) < 4.78 is 11.3. The molecule has 150 valence electrons. The van der Waals surface area contributed by atoms with Gasteiger partial charge in [-0.15, -0.1) is 0 Å². The normalized spacial score (nSPS) is 14.7. The van der Waals surface area contributed by atoms with E-state index in [0.29, 0.717) is 33.6 Å². The molecular weight excluding hydrogens is 412 g/mol. The second kappa shape index (κ2) is 9.15. The molecule has 29 heavy (non-hydrogen) atoms. The van der Waals surface area contributed by atoms with Crippen LogP contribution in [0.15, 0.2) is 46.3 Å². The number of benzene rings is 2. The molecule has 0 fully saturated rings. The number of nitrogens with zero attached hydrogens (tertiary/aromatic N) is 1. The molecule has 0 bridgehead atoms. The molecular formula is C21H19ClN2O4S. The number of methoxy groups -OCH3 is 1. The van der Waals surface area contributed by atoms with Gasteiger partial charge in [-0.05, 0) is 48.0 Å². The molecule has 0 saturated heterocycles. The molecule has 0 unspecified atom stereocenters. The first-order chi connectivity index (χ1) is 13.9. The predicted molar refractivity (Wildman–Crippen MR) is 115 cm³/mol. The van der Waals surface area contributed by atoms with Gasteiger partial charge in [-0.1, -0.05) is 41.4 Å². The number of amidine groups is 1. The van der Waals surface area contributed by atoms with Crippen LogP contribution < -0.4 is 14.8 Å². The second-order valence-corrected chi connectivity index (χ2v) is 7.76. The van der Waals surface area contributed by atoms with Crippen LogP contribution >= 0.6 is 23.4 Å². The van der Waals surface area contributed by atoms with E-state index in [0.717, 1.165) is 17.3 Å². The van der Waals surface area contributed by atoms with Crippen LogP contribution in [0.1, 0.15) is 23.6 Å². The van der Waals surface area contributed by atoms with Gasteiger partial charge >= 0.3 is 0 Å². The van der Waals surface area contributed by atoms with Crippen LogP contribution in [0.2, 0.25) is 5.02 Å². The molecule has 1 aliphatic heterocycles. The van der Waals surface area contributed by atoms with Crippen LogP contribution in [-0.4, -0.2) is 24.1 Å². The largest absolute Gasteiger partial charge is 0.493 e. The molecule has 1 N–H and O–H groups in total. The SMILES string of the molecule is COc1cc(C=C2SC(NC(C)=O)=NC2=O)cc(Cl)c1OCc1ccc(C)cc1. The number of aryl methyl sites for hydroxylation is 1. The fourth-order valence-corrected chi connectivity index (χ4v) is 3.70. The number of thioether (sulfide) groups is 1. The number of nitrogens with one attached hydrogen (secondary N) is 1. The van der Waals surface area contributed by atoms with E-state index in [1.807, 2.05) is 31.2 Å². The molecule has 6 nitrogen and oxygen atoms in total. The highest BCUT2D eigenvalue weighted by Crippen LogP contribution is 2.38. The van der Waals surface area contributed by atoms with Crippen LogP contribution in [0, 0.1) is 6.92 Å². The number of halogens is 1. The first-order valence-corrected chi connectivity index (χ1v) is 9.91. The quantitative estimate of drug-likeness (QED) is 0.714. The van der Waals surface area contributed by atoms with Gasteiger partial charge in [0.2, 0.25) is 5.91 Å². The van der Waals surface area contributed by atoms with Crippen molar-refractivity contribution in [2.24, 2.45) is 4.99 Å². The third-order valence-corrected chi connectivity index (χ3v) is 5.14. The number of carbonyl (C=O) groups excluding carboxylic acids is 2. The summed E-state index contributed by atoms with van der Waals surface area (Å²) in [6.45, 7) is 3.73. The van der Waals surface area contributed by atoms with Gasteiger partial charge in [0.15, 0.2) is 16.7 Å². The van der Waals surface area contributed by atoms with Crippen molar-refractivity contribution in [1.29, 1.82) is 0 Å². The van der Waals surface area contributed by atoms with Crippen LogP contribution in [0.4, 0.5) is 0 Å². The van der Waals surface area contributed by atoms with E-state index < -0.39 is 5.91 Å². The molecule has 2 aromatic rings. The summed E-state index contributed by atoms with van der Waals surface area (Å²) in [5.41, 5.74) is 2.84. The summed E-state index contributed by atoms with van der Waals surface area (Å²) >= 11 is 7.50. The lowest BCUT2D eigenvalue weighted by molar-refractivity contribution is -0.117. The summed E-state index contributed by atoms with van der Waals surface area (Å²) in [4.78, 5) is 27.4. The summed E-state index contributed by atoms with van der Waals surface area (Å²) in [5.74, 6) is 0.172. The van der Waals surface area contributed by atoms with E-state index in [9.17, 15) is 9.59 Å². The Balaban J connectivity index is 1.79. The summed E-state index contributed by atoms with van der Waals surface area (Å²) in [7, 11) is 1.52. The number of hydrogen-bond donors (Lipinski definition) is 1. The van der Waals surface area contributed by atoms with Crippen molar-refractivity contribution >= 4 is 46.4 Å². The summed E-state index contributed by atoms with van der Waals surface area (Å²) in [6.07, 6.45) is 1.64. The van der Waals surface area contributed by atoms with Gasteiger partial charge in [-0.2, -0.15) is 4.99 Å². The Hall–Kier alpha value is -2.77. The minimum Gasteiger partial charge on any atom is -0.493 e. The Kier molecular flexibility index (Phi) is 6.61. The number of aliphatic imine (C=N–C) groups is 1. The maximum Gasteiger partial charge on any atom is 0.286 e. The average molecular weight is 431 g/mol. The van der Waals surface area contributed by atoms with Crippen LogP contribution in [0.25, 0.3) is 6.08 Å². The standard InChI is InChI=1S/C21H19ClN2O4S/c1-12-4-6-14(7-5-12)11-28-19-16(22)8-15(9-17(19)27-3)10-18-20(26)24-21(29-18)23-13(2)25/h4-10H,11H2,1-3H3,(H,23,24,25,26). The minimum atomic E-state index is -0.423. The topological polar surface area (TPSA) is 77.0 Å². The fourth-order valence-electron chi connectivity index (χ4n) is 2.57. The van der Waals surface area contributed by atoms with Gasteiger partial charge in [0, 0.05) is 6.92 Å². The fraction of sp³-hybridized carbons (Fsp3) is 0.190. The maximum atomic E-state index is 12.0. The molecule has 0 aromatic heterocycles. The molecule has 3 rings (SSSR count). The van der Waals surface area contributed by atoms with E-state index in [1.54, 1.807) is 18.2 Å². The van der Waals surface area contributed by atoms with Crippen molar-refractivity contribution < 1.29 is 19.1 Å². The van der Waals surface area contributed by atoms with E-state index in [4.69, 9.17) is 21.1 Å². The van der Waals surface area contributed by atoms with Crippen molar-refractivity contribution in [3.05, 3.63) is 63.0 Å². The predicted octanol–water partition coefficient (Wildman–Crippen LogP) is 4.34. The molecule has 0 spiro atoms. The van der Waals surface area contributed by atoms with E-state index in [1.165, 1.54) is 19.6 Å². The highest BCUT2D eigenvalue weighted by atomic mass is 35.5. The minimum absolute atomic E-state index is 0.255. The lowest BCUT2D eigenvalue weighted by Crippen LogP contribution is -2.23. The third-order valence-electron chi connectivity index (χ3n) is 3.96. The molecule has 0 aliphatic carbocycles. The Labute approximate surface area is 177 Å². The van der Waals surface area contributed by atoms with E-state index in [-0.39, 0.29) is 11.1 Å². The van der Waals surface area contributed by atoms with Crippen molar-refractivity contribution in [1.82, 2.24) is 5.32 Å². The van der Waals surface area contributed by atoms with Crippen molar-refractivity contribution in [3.8, 4) is 11.5 Å². The molecule has 2 aromatic carbocycles. The molecule has 1 aliphatic rings. The third kappa shape index (κ3) is 5.40. The highest BCUT2D eigenvalue weighted by Gasteiger charge is 2.23. The van der Waals surface area contributed by atoms with Crippen LogP contribution in [-0.2, 0) is 16.2 Å². The van der Waals surface area contributed by atoms with Gasteiger partial charge in [-0.3, -0.25) is 9.59 Å². The first-order valence-electron chi connectivity index (χ1n) is 8.71. The van der Waals surface area contributed by atoms with E-state index >= 15 is 0 Å². The number of rotatable bonds is 5. The van der Waals surface area contributed by atoms with Crippen LogP contribution in [0.5, 0.6) is 11.5 Å². The zero-order valence-electron chi connectivity index (χ0n) is 16.1. The molecule has 8 heteroatoms. The lowest BCUT2D eigenvalue weighted by Gasteiger charge is -2.13. The average Bonchev–Trinajstić information content (AvgIpc) is 2.99. The Morgan fingerprint density at radius 3 is 2.66 bits per heavy atom. The van der Waals surface area contributed by atoms with Gasteiger partial charge in [0.25, 0.3) is 5.91 Å². The Morgan fingerprint density at radius 1 is 1.28 bits per heavy atom. The van der Waals surface area contributed by atoms with Gasteiger partial charge < -0.3 is 14.8 Å². The smallest absolute Gasteiger partial charge is 0.286 e. The molecule has 0 saturated carbocycles. The number of amides is 2. The number of hydrogen-bond acceptors (Lipinski definition) is 5. The van der Waals surface area contributed by atoms with Crippen molar-refractivity contribution in [2.75, 3.05) is 7.11 Å². The van der Waals surface area contributed by atoms with Gasteiger partial charge in [0.1, 0.15) is 6.61 Å². The number of ether oxygens (including phenoxy) is 2. The van der Waals surface area contributed by atoms with Crippen molar-refractivity contribution in [3.63, 3.8) is 0 Å². The van der Waals surface area contributed by atoms with Crippen LogP contribution in [0.3, 0.4) is 0 Å².